The Morgan fingerprint density at radius 2 is 1.88 bits per heavy atom. The van der Waals surface area contributed by atoms with Crippen LogP contribution >= 0.6 is 0 Å². The Kier molecular flexibility index (Phi) is 4.65. The molecule has 0 saturated heterocycles. The van der Waals surface area contributed by atoms with Gasteiger partial charge in [-0.25, -0.2) is 4.79 Å². The number of methoxy groups -OCH3 is 1. The van der Waals surface area contributed by atoms with Crippen LogP contribution in [0.1, 0.15) is 33.5 Å². The van der Waals surface area contributed by atoms with E-state index in [2.05, 4.69) is 31.2 Å². The Balaban J connectivity index is 1.68. The van der Waals surface area contributed by atoms with Crippen LogP contribution in [-0.2, 0) is 22.4 Å². The number of carbonyl (C=O) groups is 2. The second-order valence-electron chi connectivity index (χ2n) is 6.12. The number of amides is 1. The summed E-state index contributed by atoms with van der Waals surface area (Å²) in [4.78, 5) is 26.0. The fraction of sp³-hybridized carbons (Fsp3) is 0.300. The Morgan fingerprint density at radius 1 is 1.12 bits per heavy atom. The summed E-state index contributed by atoms with van der Waals surface area (Å²) < 4.78 is 4.75. The Hall–Kier alpha value is -2.62. The van der Waals surface area contributed by atoms with Crippen molar-refractivity contribution < 1.29 is 14.3 Å². The first-order valence-electron chi connectivity index (χ1n) is 8.15. The van der Waals surface area contributed by atoms with Gasteiger partial charge in [0, 0.05) is 18.7 Å². The number of benzene rings is 2. The molecule has 4 nitrogen and oxygen atoms in total. The lowest BCUT2D eigenvalue weighted by Gasteiger charge is -2.17. The monoisotopic (exact) mass is 323 g/mol. The third kappa shape index (κ3) is 3.32. The predicted molar refractivity (Wildman–Crippen MR) is 93.3 cm³/mol. The van der Waals surface area contributed by atoms with E-state index in [0.29, 0.717) is 18.5 Å². The third-order valence-electron chi connectivity index (χ3n) is 4.45. The highest BCUT2D eigenvalue weighted by Crippen LogP contribution is 2.29. The summed E-state index contributed by atoms with van der Waals surface area (Å²) in [5.74, 6) is -0.220. The van der Waals surface area contributed by atoms with Crippen LogP contribution in [0.3, 0.4) is 0 Å². The van der Waals surface area contributed by atoms with Gasteiger partial charge >= 0.3 is 5.97 Å². The number of hydrogen-bond acceptors (Lipinski definition) is 3. The van der Waals surface area contributed by atoms with Crippen molar-refractivity contribution in [3.05, 3.63) is 64.7 Å². The van der Waals surface area contributed by atoms with Crippen LogP contribution in [0, 0.1) is 6.92 Å². The zero-order chi connectivity index (χ0) is 17.1. The number of nitrogens with zero attached hydrogens (tertiary/aromatic N) is 1. The minimum absolute atomic E-state index is 0.125. The highest BCUT2D eigenvalue weighted by molar-refractivity contribution is 5.97. The first kappa shape index (κ1) is 16.2. The van der Waals surface area contributed by atoms with Gasteiger partial charge < -0.3 is 9.64 Å². The number of hydrogen-bond donors (Lipinski definition) is 0. The van der Waals surface area contributed by atoms with E-state index in [1.54, 1.807) is 6.07 Å². The Morgan fingerprint density at radius 3 is 2.58 bits per heavy atom. The van der Waals surface area contributed by atoms with Crippen LogP contribution in [0.25, 0.3) is 0 Å². The molecule has 0 spiro atoms. The molecule has 24 heavy (non-hydrogen) atoms. The first-order chi connectivity index (χ1) is 11.6. The smallest absolute Gasteiger partial charge is 0.337 e. The third-order valence-corrected chi connectivity index (χ3v) is 4.45. The molecule has 0 unspecified atom stereocenters. The lowest BCUT2D eigenvalue weighted by Crippen LogP contribution is -2.29. The van der Waals surface area contributed by atoms with Crippen LogP contribution in [0.15, 0.2) is 42.5 Å². The molecular weight excluding hydrogens is 302 g/mol. The van der Waals surface area contributed by atoms with Gasteiger partial charge in [0.05, 0.1) is 12.7 Å². The average molecular weight is 323 g/mol. The molecule has 4 heteroatoms. The van der Waals surface area contributed by atoms with Crippen molar-refractivity contribution >= 4 is 17.6 Å². The van der Waals surface area contributed by atoms with Crippen molar-refractivity contribution in [3.63, 3.8) is 0 Å². The molecule has 2 aromatic carbocycles. The van der Waals surface area contributed by atoms with Gasteiger partial charge in [-0.2, -0.15) is 0 Å². The molecule has 1 aliphatic rings. The summed E-state index contributed by atoms with van der Waals surface area (Å²) in [6.45, 7) is 2.73. The largest absolute Gasteiger partial charge is 0.465 e. The molecular formula is C20H21NO3. The lowest BCUT2D eigenvalue weighted by atomic mass is 10.1. The van der Waals surface area contributed by atoms with Gasteiger partial charge in [-0.15, -0.1) is 0 Å². The molecule has 0 N–H and O–H groups in total. The summed E-state index contributed by atoms with van der Waals surface area (Å²) in [5, 5.41) is 0. The van der Waals surface area contributed by atoms with Crippen LogP contribution in [0.2, 0.25) is 0 Å². The molecule has 0 atom stereocenters. The predicted octanol–water partition coefficient (Wildman–Crippen LogP) is 3.30. The molecule has 1 aliphatic heterocycles. The van der Waals surface area contributed by atoms with E-state index < -0.39 is 0 Å². The fourth-order valence-corrected chi connectivity index (χ4v) is 3.05. The fourth-order valence-electron chi connectivity index (χ4n) is 3.05. The Labute approximate surface area is 142 Å². The second-order valence-corrected chi connectivity index (χ2v) is 6.12. The average Bonchev–Trinajstić information content (AvgIpc) is 3.03. The number of anilines is 1. The van der Waals surface area contributed by atoms with Crippen LogP contribution in [-0.4, -0.2) is 25.5 Å². The van der Waals surface area contributed by atoms with Crippen LogP contribution in [0.5, 0.6) is 0 Å². The van der Waals surface area contributed by atoms with E-state index in [9.17, 15) is 9.59 Å². The maximum Gasteiger partial charge on any atom is 0.337 e. The second kappa shape index (κ2) is 6.87. The van der Waals surface area contributed by atoms with Gasteiger partial charge in [0.25, 0.3) is 0 Å². The molecule has 0 aliphatic carbocycles. The normalized spacial score (nSPS) is 12.8. The number of fused-ring (bicyclic) bond motifs is 1. The van der Waals surface area contributed by atoms with Crippen molar-refractivity contribution in [1.29, 1.82) is 0 Å². The van der Waals surface area contributed by atoms with Crippen molar-refractivity contribution in [3.8, 4) is 0 Å². The Bertz CT molecular complexity index is 765. The highest BCUT2D eigenvalue weighted by atomic mass is 16.5. The van der Waals surface area contributed by atoms with Gasteiger partial charge in [0.2, 0.25) is 5.91 Å². The molecule has 1 amide bonds. The molecule has 1 heterocycles. The summed E-state index contributed by atoms with van der Waals surface area (Å²) in [6.07, 6.45) is 2.00. The van der Waals surface area contributed by atoms with Gasteiger partial charge in [-0.3, -0.25) is 4.79 Å². The number of ether oxygens (including phenoxy) is 1. The molecule has 124 valence electrons. The topological polar surface area (TPSA) is 46.6 Å². The minimum Gasteiger partial charge on any atom is -0.465 e. The van der Waals surface area contributed by atoms with E-state index in [0.717, 1.165) is 24.1 Å². The van der Waals surface area contributed by atoms with E-state index in [4.69, 9.17) is 4.74 Å². The SMILES string of the molecule is COC(=O)c1ccc2c(c1)CCN2C(=O)CCc1ccc(C)cc1. The summed E-state index contributed by atoms with van der Waals surface area (Å²) >= 11 is 0. The molecule has 0 aromatic heterocycles. The van der Waals surface area contributed by atoms with Gasteiger partial charge in [-0.05, 0) is 49.1 Å². The molecule has 2 aromatic rings. The summed E-state index contributed by atoms with van der Waals surface area (Å²) in [7, 11) is 1.37. The highest BCUT2D eigenvalue weighted by Gasteiger charge is 2.25. The van der Waals surface area contributed by atoms with Crippen molar-refractivity contribution in [2.24, 2.45) is 0 Å². The summed E-state index contributed by atoms with van der Waals surface area (Å²) in [5.41, 5.74) is 4.87. The van der Waals surface area contributed by atoms with E-state index in [-0.39, 0.29) is 11.9 Å². The van der Waals surface area contributed by atoms with Crippen molar-refractivity contribution in [2.45, 2.75) is 26.2 Å². The van der Waals surface area contributed by atoms with Crippen LogP contribution < -0.4 is 4.90 Å². The zero-order valence-electron chi connectivity index (χ0n) is 14.0. The molecule has 0 fully saturated rings. The van der Waals surface area contributed by atoms with E-state index in [1.807, 2.05) is 17.0 Å². The number of aryl methyl sites for hydroxylation is 2. The van der Waals surface area contributed by atoms with Crippen molar-refractivity contribution in [1.82, 2.24) is 0 Å². The quantitative estimate of drug-likeness (QED) is 0.811. The molecule has 0 saturated carbocycles. The maximum absolute atomic E-state index is 12.6. The molecule has 0 bridgehead atoms. The van der Waals surface area contributed by atoms with Crippen LogP contribution in [0.4, 0.5) is 5.69 Å². The van der Waals surface area contributed by atoms with E-state index in [1.165, 1.54) is 18.2 Å². The standard InChI is InChI=1S/C20H21NO3/c1-14-3-5-15(6-4-14)7-10-19(22)21-12-11-16-13-17(20(23)24-2)8-9-18(16)21/h3-6,8-9,13H,7,10-12H2,1-2H3. The lowest BCUT2D eigenvalue weighted by molar-refractivity contribution is -0.118. The number of carbonyl (C=O) groups excluding carboxylic acids is 2. The first-order valence-corrected chi connectivity index (χ1v) is 8.15. The zero-order valence-corrected chi connectivity index (χ0v) is 14.0. The van der Waals surface area contributed by atoms with E-state index >= 15 is 0 Å². The maximum atomic E-state index is 12.6. The molecule has 3 rings (SSSR count). The van der Waals surface area contributed by atoms with Crippen molar-refractivity contribution in [2.75, 3.05) is 18.6 Å². The minimum atomic E-state index is -0.345. The van der Waals surface area contributed by atoms with Gasteiger partial charge in [0.1, 0.15) is 0 Å². The van der Waals surface area contributed by atoms with Gasteiger partial charge in [-0.1, -0.05) is 29.8 Å². The molecule has 0 radical (unpaired) electrons. The summed E-state index contributed by atoms with van der Waals surface area (Å²) in [6, 6.07) is 13.7. The number of esters is 1. The van der Waals surface area contributed by atoms with Gasteiger partial charge in [0.15, 0.2) is 0 Å². The number of rotatable bonds is 4.